The Balaban J connectivity index is 2.13. The molecular weight excluding hydrogens is 228 g/mol. The molecule has 1 aliphatic rings. The molecule has 1 saturated heterocycles. The van der Waals surface area contributed by atoms with E-state index in [0.29, 0.717) is 13.1 Å². The Morgan fingerprint density at radius 3 is 3.06 bits per heavy atom. The summed E-state index contributed by atoms with van der Waals surface area (Å²) in [5.74, 6) is 0.940. The van der Waals surface area contributed by atoms with Crippen molar-refractivity contribution in [1.82, 2.24) is 5.32 Å². The van der Waals surface area contributed by atoms with E-state index in [1.807, 2.05) is 31.2 Å². The summed E-state index contributed by atoms with van der Waals surface area (Å²) in [5.41, 5.74) is 0.919. The lowest BCUT2D eigenvalue weighted by atomic mass is 10.2. The van der Waals surface area contributed by atoms with E-state index in [9.17, 15) is 4.79 Å². The van der Waals surface area contributed by atoms with E-state index >= 15 is 0 Å². The molecule has 1 N–H and O–H groups in total. The monoisotopic (exact) mass is 248 g/mol. The zero-order chi connectivity index (χ0) is 13.0. The molecule has 1 aromatic carbocycles. The number of benzene rings is 1. The van der Waals surface area contributed by atoms with Gasteiger partial charge in [0.05, 0.1) is 12.6 Å². The molecule has 1 unspecified atom stereocenters. The Bertz CT molecular complexity index is 420. The summed E-state index contributed by atoms with van der Waals surface area (Å²) in [5, 5.41) is 3.07. The van der Waals surface area contributed by atoms with Crippen molar-refractivity contribution in [3.63, 3.8) is 0 Å². The first-order chi connectivity index (χ1) is 8.70. The molecule has 1 amide bonds. The average Bonchev–Trinajstić information content (AvgIpc) is 2.39. The molecule has 1 atom stereocenters. The predicted molar refractivity (Wildman–Crippen MR) is 72.0 cm³/mol. The lowest BCUT2D eigenvalue weighted by molar-refractivity contribution is -0.118. The van der Waals surface area contributed by atoms with Gasteiger partial charge in [0.15, 0.2) is 0 Å². The number of carbonyl (C=O) groups is 1. The molecule has 0 aliphatic carbocycles. The number of ether oxygens (including phenoxy) is 1. The first kappa shape index (κ1) is 12.9. The van der Waals surface area contributed by atoms with Crippen LogP contribution in [-0.2, 0) is 4.79 Å². The number of carbonyl (C=O) groups excluding carboxylic acids is 1. The molecule has 4 heteroatoms. The van der Waals surface area contributed by atoms with Crippen LogP contribution < -0.4 is 15.0 Å². The van der Waals surface area contributed by atoms with Crippen LogP contribution in [0.2, 0.25) is 0 Å². The molecule has 4 nitrogen and oxygen atoms in total. The smallest absolute Gasteiger partial charge is 0.240 e. The maximum absolute atomic E-state index is 11.8. The van der Waals surface area contributed by atoms with E-state index in [4.69, 9.17) is 4.74 Å². The molecule has 1 heterocycles. The van der Waals surface area contributed by atoms with Crippen LogP contribution >= 0.6 is 0 Å². The van der Waals surface area contributed by atoms with Crippen LogP contribution in [0.15, 0.2) is 24.3 Å². The van der Waals surface area contributed by atoms with Crippen molar-refractivity contribution in [2.24, 2.45) is 0 Å². The van der Waals surface area contributed by atoms with Gasteiger partial charge in [0.2, 0.25) is 5.91 Å². The molecule has 1 aromatic rings. The van der Waals surface area contributed by atoms with E-state index in [1.165, 1.54) is 0 Å². The first-order valence-electron chi connectivity index (χ1n) is 6.48. The maximum atomic E-state index is 11.8. The largest absolute Gasteiger partial charge is 0.491 e. The highest BCUT2D eigenvalue weighted by atomic mass is 16.5. The minimum absolute atomic E-state index is 0.113. The van der Waals surface area contributed by atoms with Gasteiger partial charge in [-0.15, -0.1) is 0 Å². The quantitative estimate of drug-likeness (QED) is 0.883. The van der Waals surface area contributed by atoms with Gasteiger partial charge in [-0.05, 0) is 25.5 Å². The van der Waals surface area contributed by atoms with Crippen molar-refractivity contribution >= 4 is 11.6 Å². The molecule has 98 valence electrons. The highest BCUT2D eigenvalue weighted by molar-refractivity contribution is 5.95. The van der Waals surface area contributed by atoms with E-state index in [2.05, 4.69) is 12.2 Å². The number of anilines is 1. The first-order valence-corrected chi connectivity index (χ1v) is 6.48. The van der Waals surface area contributed by atoms with Crippen LogP contribution in [0, 0.1) is 0 Å². The number of nitrogens with one attached hydrogen (secondary N) is 1. The fourth-order valence-electron chi connectivity index (χ4n) is 1.92. The van der Waals surface area contributed by atoms with Gasteiger partial charge in [-0.1, -0.05) is 13.0 Å². The maximum Gasteiger partial charge on any atom is 0.240 e. The van der Waals surface area contributed by atoms with E-state index in [0.717, 1.165) is 24.4 Å². The van der Waals surface area contributed by atoms with Crippen molar-refractivity contribution in [3.8, 4) is 5.75 Å². The summed E-state index contributed by atoms with van der Waals surface area (Å²) < 4.78 is 5.78. The van der Waals surface area contributed by atoms with Crippen LogP contribution in [-0.4, -0.2) is 31.6 Å². The van der Waals surface area contributed by atoms with Gasteiger partial charge in [-0.3, -0.25) is 4.79 Å². The normalized spacial score (nSPS) is 17.7. The summed E-state index contributed by atoms with van der Waals surface area (Å²) in [6.07, 6.45) is 1.16. The van der Waals surface area contributed by atoms with E-state index < -0.39 is 0 Å². The Morgan fingerprint density at radius 2 is 2.33 bits per heavy atom. The number of amides is 1. The summed E-state index contributed by atoms with van der Waals surface area (Å²) in [4.78, 5) is 13.6. The Labute approximate surface area is 108 Å². The van der Waals surface area contributed by atoms with Crippen LogP contribution in [0.25, 0.3) is 0 Å². The lowest BCUT2D eigenvalue weighted by Gasteiger charge is -2.27. The molecule has 2 rings (SSSR count). The van der Waals surface area contributed by atoms with Gasteiger partial charge < -0.3 is 15.0 Å². The molecule has 1 fully saturated rings. The van der Waals surface area contributed by atoms with Gasteiger partial charge in [-0.2, -0.15) is 0 Å². The fraction of sp³-hybridized carbons (Fsp3) is 0.500. The van der Waals surface area contributed by atoms with Crippen molar-refractivity contribution in [2.45, 2.75) is 26.4 Å². The third kappa shape index (κ3) is 3.01. The molecule has 0 bridgehead atoms. The molecule has 0 aromatic heterocycles. The molecule has 0 saturated carbocycles. The Kier molecular flexibility index (Phi) is 4.20. The SMILES string of the molecule is CCC(C)Oc1cccc(N2CCNCC2=O)c1. The number of nitrogens with zero attached hydrogens (tertiary/aromatic N) is 1. The Hall–Kier alpha value is -1.55. The van der Waals surface area contributed by atoms with Crippen LogP contribution in [0.5, 0.6) is 5.75 Å². The van der Waals surface area contributed by atoms with Crippen molar-refractivity contribution in [1.29, 1.82) is 0 Å². The second-order valence-corrected chi connectivity index (χ2v) is 4.56. The predicted octanol–water partition coefficient (Wildman–Crippen LogP) is 1.80. The van der Waals surface area contributed by atoms with Crippen molar-refractivity contribution < 1.29 is 9.53 Å². The zero-order valence-electron chi connectivity index (χ0n) is 11.0. The second kappa shape index (κ2) is 5.87. The number of hydrogen-bond acceptors (Lipinski definition) is 3. The highest BCUT2D eigenvalue weighted by Crippen LogP contribution is 2.23. The highest BCUT2D eigenvalue weighted by Gasteiger charge is 2.19. The molecule has 0 spiro atoms. The average molecular weight is 248 g/mol. The van der Waals surface area contributed by atoms with Crippen molar-refractivity contribution in [2.75, 3.05) is 24.5 Å². The van der Waals surface area contributed by atoms with Crippen LogP contribution in [0.1, 0.15) is 20.3 Å². The van der Waals surface area contributed by atoms with Gasteiger partial charge in [-0.25, -0.2) is 0 Å². The van der Waals surface area contributed by atoms with Gasteiger partial charge in [0, 0.05) is 24.8 Å². The molecule has 0 radical (unpaired) electrons. The standard InChI is InChI=1S/C14H20N2O2/c1-3-11(2)18-13-6-4-5-12(9-13)16-8-7-15-10-14(16)17/h4-6,9,11,15H,3,7-8,10H2,1-2H3. The van der Waals surface area contributed by atoms with Gasteiger partial charge in [0.1, 0.15) is 5.75 Å². The van der Waals surface area contributed by atoms with Crippen molar-refractivity contribution in [3.05, 3.63) is 24.3 Å². The Morgan fingerprint density at radius 1 is 1.50 bits per heavy atom. The number of piperazine rings is 1. The van der Waals surface area contributed by atoms with Crippen LogP contribution in [0.3, 0.4) is 0 Å². The summed E-state index contributed by atoms with van der Waals surface area (Å²) in [6.45, 7) is 6.10. The summed E-state index contributed by atoms with van der Waals surface area (Å²) in [6, 6.07) is 7.76. The molecule has 18 heavy (non-hydrogen) atoms. The third-order valence-electron chi connectivity index (χ3n) is 3.13. The molecular formula is C14H20N2O2. The lowest BCUT2D eigenvalue weighted by Crippen LogP contribution is -2.48. The minimum Gasteiger partial charge on any atom is -0.491 e. The zero-order valence-corrected chi connectivity index (χ0v) is 11.0. The summed E-state index contributed by atoms with van der Waals surface area (Å²) >= 11 is 0. The van der Waals surface area contributed by atoms with Gasteiger partial charge in [0.25, 0.3) is 0 Å². The second-order valence-electron chi connectivity index (χ2n) is 4.56. The van der Waals surface area contributed by atoms with Gasteiger partial charge >= 0.3 is 0 Å². The number of rotatable bonds is 4. The fourth-order valence-corrected chi connectivity index (χ4v) is 1.92. The molecule has 1 aliphatic heterocycles. The topological polar surface area (TPSA) is 41.6 Å². The van der Waals surface area contributed by atoms with E-state index in [1.54, 1.807) is 4.90 Å². The third-order valence-corrected chi connectivity index (χ3v) is 3.13. The number of hydrogen-bond donors (Lipinski definition) is 1. The van der Waals surface area contributed by atoms with Crippen LogP contribution in [0.4, 0.5) is 5.69 Å². The summed E-state index contributed by atoms with van der Waals surface area (Å²) in [7, 11) is 0. The van der Waals surface area contributed by atoms with E-state index in [-0.39, 0.29) is 12.0 Å². The minimum atomic E-state index is 0.113.